The standard InChI is InChI=1S/C31H40F2N4O4.C24H21ClF2N6OS.C4H10/c1-22(23-10-12-24(13-11-23)30-25(32)7-4-8-26(30)33)35-31(40)27-9-5-18-37(27)29(39)21-34-28(38)14-20-41-19-6-17-36-15-2-3-16-36;1-3-18(26)21-13(16(8-28)22(29)35-21)6-14-17(25)7-15-20(19(14)27)31-24(34-2)32-23(15)33-9-11-4-5-12(10-33)30-11;1-4(2)3/h4,7-8,10-13,22,27H,2-3,5-6,9,14-21H2,1H3,(H,34,38)(H,35,40);3,6-7,11-12,30H,1,4-5,9-10,29H2,2H3;4H,1-3H3/b;13-6+,21-18-;/t22-,27-;;/m0../s1. The number of ether oxygens (including phenoxy) is 2. The Labute approximate surface area is 473 Å². The molecule has 2 bridgehead atoms. The summed E-state index contributed by atoms with van der Waals surface area (Å²) in [6.45, 7) is 17.7. The number of rotatable bonds is 17. The molecule has 15 nitrogen and oxygen atoms in total. The van der Waals surface area contributed by atoms with Crippen LogP contribution < -0.4 is 41.1 Å². The van der Waals surface area contributed by atoms with Crippen molar-refractivity contribution < 1.29 is 41.4 Å². The zero-order valence-corrected chi connectivity index (χ0v) is 47.6. The summed E-state index contributed by atoms with van der Waals surface area (Å²) in [5.41, 5.74) is 7.01. The summed E-state index contributed by atoms with van der Waals surface area (Å²) < 4.78 is 69.6. The molecule has 3 amide bonds. The summed E-state index contributed by atoms with van der Waals surface area (Å²) in [5.74, 6) is -2.15. The van der Waals surface area contributed by atoms with E-state index in [2.05, 4.69) is 63.1 Å². The Bertz CT molecular complexity index is 3150. The van der Waals surface area contributed by atoms with Crippen LogP contribution in [0.4, 0.5) is 28.4 Å². The van der Waals surface area contributed by atoms with Gasteiger partial charge in [0.15, 0.2) is 5.82 Å². The Morgan fingerprint density at radius 2 is 1.66 bits per heavy atom. The third-order valence-corrected chi connectivity index (χ3v) is 15.5. The highest BCUT2D eigenvalue weighted by Crippen LogP contribution is 2.36. The number of halogens is 5. The minimum atomic E-state index is -0.730. The molecule has 6 heterocycles. The number of nitrogen functional groups attached to an aromatic ring is 1. The van der Waals surface area contributed by atoms with Crippen LogP contribution in [0.5, 0.6) is 6.01 Å². The summed E-state index contributed by atoms with van der Waals surface area (Å²) in [6.07, 6.45) is 9.35. The van der Waals surface area contributed by atoms with Crippen LogP contribution >= 0.6 is 22.9 Å². The predicted octanol–water partition coefficient (Wildman–Crippen LogP) is 8.45. The molecule has 0 aliphatic carbocycles. The number of thiophene rings is 1. The molecule has 0 spiro atoms. The summed E-state index contributed by atoms with van der Waals surface area (Å²) in [4.78, 5) is 52.9. The highest BCUT2D eigenvalue weighted by Gasteiger charge is 2.36. The van der Waals surface area contributed by atoms with Crippen molar-refractivity contribution in [3.05, 3.63) is 110 Å². The lowest BCUT2D eigenvalue weighted by Gasteiger charge is -2.34. The highest BCUT2D eigenvalue weighted by atomic mass is 35.5. The van der Waals surface area contributed by atoms with E-state index in [1.54, 1.807) is 30.3 Å². The van der Waals surface area contributed by atoms with E-state index >= 15 is 4.39 Å². The number of hydrogen-bond acceptors (Lipinski definition) is 13. The molecule has 2 unspecified atom stereocenters. The first-order valence-electron chi connectivity index (χ1n) is 27.2. The number of carbonyl (C=O) groups is 3. The Kier molecular flexibility index (Phi) is 21.9. The molecule has 428 valence electrons. The fraction of sp³-hybridized carbons (Fsp3) is 0.458. The number of hydrogen-bond donors (Lipinski definition) is 4. The average molecular weight is 1140 g/mol. The van der Waals surface area contributed by atoms with Gasteiger partial charge in [0.2, 0.25) is 17.7 Å². The third-order valence-electron chi connectivity index (χ3n) is 14.1. The number of nitrogens with one attached hydrogen (secondary N) is 3. The van der Waals surface area contributed by atoms with Crippen molar-refractivity contribution in [2.75, 3.05) is 76.8 Å². The maximum Gasteiger partial charge on any atom is 0.318 e. The van der Waals surface area contributed by atoms with Gasteiger partial charge in [0.1, 0.15) is 45.9 Å². The Hall–Kier alpha value is -6.63. The summed E-state index contributed by atoms with van der Waals surface area (Å²) >= 11 is 7.44. The number of fused-ring (bicyclic) bond motifs is 3. The van der Waals surface area contributed by atoms with Gasteiger partial charge in [0.25, 0.3) is 0 Å². The zero-order valence-electron chi connectivity index (χ0n) is 46.0. The average Bonchev–Trinajstić information content (AvgIpc) is 4.29. The summed E-state index contributed by atoms with van der Waals surface area (Å²) in [7, 11) is 1.42. The first-order chi connectivity index (χ1) is 38.4. The Morgan fingerprint density at radius 3 is 2.30 bits per heavy atom. The maximum absolute atomic E-state index is 16.0. The lowest BCUT2D eigenvalue weighted by Crippen LogP contribution is -2.51. The number of anilines is 2. The first kappa shape index (κ1) is 61.0. The lowest BCUT2D eigenvalue weighted by molar-refractivity contribution is -0.139. The normalized spacial score (nSPS) is 18.7. The van der Waals surface area contributed by atoms with E-state index in [1.165, 1.54) is 49.1 Å². The van der Waals surface area contributed by atoms with E-state index in [1.807, 2.05) is 13.0 Å². The van der Waals surface area contributed by atoms with Gasteiger partial charge >= 0.3 is 6.01 Å². The number of nitriles is 1. The van der Waals surface area contributed by atoms with Gasteiger partial charge in [-0.05, 0) is 112 Å². The van der Waals surface area contributed by atoms with E-state index in [0.29, 0.717) is 61.5 Å². The van der Waals surface area contributed by atoms with E-state index in [9.17, 15) is 32.8 Å². The SMILES string of the molecule is C=C/C(F)=c1/sc(N)c(C#N)/c1=C\c1c(Cl)cc2c(N3CC4CCC(C3)N4)nc(OC)nc2c1F.CC(C)C.C[C@H](NC(=O)[C@@H]1CCCN1C(=O)CNC(=O)CCOCCCN1CCCC1)c1ccc(-c2c(F)cccc2F)cc1. The van der Waals surface area contributed by atoms with Crippen molar-refractivity contribution in [3.8, 4) is 23.2 Å². The first-order valence-corrected chi connectivity index (χ1v) is 28.4. The fourth-order valence-electron chi connectivity index (χ4n) is 10.2. The number of methoxy groups -OCH3 is 1. The third kappa shape index (κ3) is 15.4. The zero-order chi connectivity index (χ0) is 57.6. The molecule has 2 aromatic heterocycles. The van der Waals surface area contributed by atoms with Crippen molar-refractivity contribution in [3.63, 3.8) is 0 Å². The van der Waals surface area contributed by atoms with Gasteiger partial charge in [0, 0.05) is 67.5 Å². The molecule has 0 saturated carbocycles. The van der Waals surface area contributed by atoms with Crippen molar-refractivity contribution in [2.45, 2.75) is 103 Å². The Balaban J connectivity index is 0.000000219. The molecule has 4 aliphatic heterocycles. The molecule has 9 rings (SSSR count). The van der Waals surface area contributed by atoms with E-state index in [4.69, 9.17) is 26.8 Å². The maximum atomic E-state index is 16.0. The summed E-state index contributed by atoms with van der Waals surface area (Å²) in [5, 5.41) is 19.5. The molecule has 21 heteroatoms. The smallest absolute Gasteiger partial charge is 0.318 e. The van der Waals surface area contributed by atoms with Crippen LogP contribution in [-0.4, -0.2) is 122 Å². The van der Waals surface area contributed by atoms with Crippen LogP contribution in [-0.2, 0) is 19.1 Å². The Morgan fingerprint density at radius 1 is 0.988 bits per heavy atom. The van der Waals surface area contributed by atoms with Crippen molar-refractivity contribution >= 4 is 74.3 Å². The quantitative estimate of drug-likeness (QED) is 0.0514. The van der Waals surface area contributed by atoms with Crippen LogP contribution in [0.1, 0.15) is 102 Å². The molecule has 4 atom stereocenters. The van der Waals surface area contributed by atoms with Crippen molar-refractivity contribution in [1.82, 2.24) is 35.7 Å². The molecule has 3 aromatic carbocycles. The number of allylic oxidation sites excluding steroid dienone is 1. The summed E-state index contributed by atoms with van der Waals surface area (Å²) in [6, 6.07) is 13.7. The lowest BCUT2D eigenvalue weighted by atomic mass is 10.0. The topological polar surface area (TPSA) is 191 Å². The number of benzene rings is 3. The molecule has 80 heavy (non-hydrogen) atoms. The minimum absolute atomic E-state index is 0.0183. The van der Waals surface area contributed by atoms with E-state index in [-0.39, 0.29) is 84.7 Å². The molecule has 0 radical (unpaired) electrons. The van der Waals surface area contributed by atoms with Gasteiger partial charge in [-0.1, -0.05) is 69.3 Å². The molecular formula is C59H71ClF4N10O5S. The largest absolute Gasteiger partial charge is 0.467 e. The van der Waals surface area contributed by atoms with Gasteiger partial charge < -0.3 is 45.9 Å². The van der Waals surface area contributed by atoms with Crippen LogP contribution in [0, 0.1) is 34.7 Å². The number of amides is 3. The second kappa shape index (κ2) is 28.7. The molecule has 5 N–H and O–H groups in total. The second-order valence-corrected chi connectivity index (χ2v) is 22.4. The van der Waals surface area contributed by atoms with E-state index in [0.717, 1.165) is 80.9 Å². The van der Waals surface area contributed by atoms with Gasteiger partial charge in [-0.2, -0.15) is 15.2 Å². The molecule has 4 fully saturated rings. The van der Waals surface area contributed by atoms with Crippen LogP contribution in [0.15, 0.2) is 61.2 Å². The predicted molar refractivity (Wildman–Crippen MR) is 307 cm³/mol. The van der Waals surface area contributed by atoms with Crippen LogP contribution in [0.2, 0.25) is 5.02 Å². The number of nitrogens with zero attached hydrogens (tertiary/aromatic N) is 6. The van der Waals surface area contributed by atoms with Crippen molar-refractivity contribution in [2.24, 2.45) is 5.92 Å². The monoisotopic (exact) mass is 1140 g/mol. The fourth-order valence-corrected chi connectivity index (χ4v) is 11.4. The number of aromatic nitrogens is 2. The number of nitrogens with two attached hydrogens (primary N) is 1. The molecule has 4 saturated heterocycles. The van der Waals surface area contributed by atoms with Gasteiger partial charge in [-0.3, -0.25) is 14.4 Å². The van der Waals surface area contributed by atoms with Crippen molar-refractivity contribution in [1.29, 1.82) is 5.26 Å². The second-order valence-electron chi connectivity index (χ2n) is 20.9. The molecule has 5 aromatic rings. The van der Waals surface area contributed by atoms with Gasteiger partial charge in [-0.15, -0.1) is 11.3 Å². The highest BCUT2D eigenvalue weighted by molar-refractivity contribution is 7.14. The van der Waals surface area contributed by atoms with Crippen LogP contribution in [0.3, 0.4) is 0 Å². The molecule has 4 aliphatic rings. The van der Waals surface area contributed by atoms with Gasteiger partial charge in [0.05, 0.1) is 47.0 Å². The van der Waals surface area contributed by atoms with E-state index < -0.39 is 29.3 Å². The number of carbonyl (C=O) groups excluding carboxylic acids is 3. The number of likely N-dealkylation sites (tertiary alicyclic amines) is 2. The minimum Gasteiger partial charge on any atom is -0.467 e. The number of piperazine rings is 1. The molecular weight excluding hydrogens is 1070 g/mol. The van der Waals surface area contributed by atoms with Gasteiger partial charge in [-0.25, -0.2) is 17.6 Å². The van der Waals surface area contributed by atoms with Crippen LogP contribution in [0.25, 0.3) is 33.9 Å².